The van der Waals surface area contributed by atoms with Crippen LogP contribution in [0.5, 0.6) is 5.75 Å². The highest BCUT2D eigenvalue weighted by atomic mass is 127. The molecule has 0 aliphatic carbocycles. The summed E-state index contributed by atoms with van der Waals surface area (Å²) in [6.07, 6.45) is 0. The molecule has 2 rings (SSSR count). The van der Waals surface area contributed by atoms with Crippen molar-refractivity contribution >= 4 is 28.5 Å². The Balaban J connectivity index is 1.98. The van der Waals surface area contributed by atoms with Gasteiger partial charge in [0.1, 0.15) is 5.75 Å². The standard InChI is InChI=1S/C15H14INO2/c1-19-12-8-6-11(7-9-12)10-17-15(18)13-4-2-3-5-14(13)16/h2-9H,10H2,1H3,(H,17,18). The zero-order valence-corrected chi connectivity index (χ0v) is 12.7. The van der Waals surface area contributed by atoms with Gasteiger partial charge in [0.25, 0.3) is 5.91 Å². The first-order valence-corrected chi connectivity index (χ1v) is 6.94. The second-order valence-corrected chi connectivity index (χ2v) is 5.17. The summed E-state index contributed by atoms with van der Waals surface area (Å²) in [6, 6.07) is 15.2. The third-order valence-electron chi connectivity index (χ3n) is 2.73. The van der Waals surface area contributed by atoms with Gasteiger partial charge in [0.05, 0.1) is 12.7 Å². The third kappa shape index (κ3) is 3.70. The van der Waals surface area contributed by atoms with Gasteiger partial charge in [-0.05, 0) is 52.4 Å². The van der Waals surface area contributed by atoms with E-state index in [4.69, 9.17) is 4.74 Å². The lowest BCUT2D eigenvalue weighted by molar-refractivity contribution is 0.0950. The number of carbonyl (C=O) groups excluding carboxylic acids is 1. The van der Waals surface area contributed by atoms with Crippen LogP contribution in [0, 0.1) is 3.57 Å². The Morgan fingerprint density at radius 1 is 1.16 bits per heavy atom. The number of carbonyl (C=O) groups is 1. The van der Waals surface area contributed by atoms with Gasteiger partial charge in [0.15, 0.2) is 0 Å². The molecule has 0 bridgehead atoms. The number of rotatable bonds is 4. The summed E-state index contributed by atoms with van der Waals surface area (Å²) < 4.78 is 6.04. The SMILES string of the molecule is COc1ccc(CNC(=O)c2ccccc2I)cc1. The van der Waals surface area contributed by atoms with Gasteiger partial charge < -0.3 is 10.1 Å². The molecule has 3 nitrogen and oxygen atoms in total. The van der Waals surface area contributed by atoms with Crippen LogP contribution >= 0.6 is 22.6 Å². The van der Waals surface area contributed by atoms with E-state index in [1.807, 2.05) is 48.5 Å². The maximum atomic E-state index is 12.0. The fraction of sp³-hybridized carbons (Fsp3) is 0.133. The normalized spacial score (nSPS) is 10.0. The fourth-order valence-electron chi connectivity index (χ4n) is 1.67. The second-order valence-electron chi connectivity index (χ2n) is 4.01. The first-order valence-electron chi connectivity index (χ1n) is 5.86. The van der Waals surface area contributed by atoms with Crippen LogP contribution in [0.3, 0.4) is 0 Å². The van der Waals surface area contributed by atoms with Gasteiger partial charge in [-0.25, -0.2) is 0 Å². The van der Waals surface area contributed by atoms with Crippen LogP contribution in [0.4, 0.5) is 0 Å². The smallest absolute Gasteiger partial charge is 0.252 e. The van der Waals surface area contributed by atoms with Crippen molar-refractivity contribution in [2.75, 3.05) is 7.11 Å². The summed E-state index contributed by atoms with van der Waals surface area (Å²) in [7, 11) is 1.63. The van der Waals surface area contributed by atoms with Crippen LogP contribution in [0.15, 0.2) is 48.5 Å². The van der Waals surface area contributed by atoms with E-state index in [0.29, 0.717) is 12.1 Å². The highest BCUT2D eigenvalue weighted by Crippen LogP contribution is 2.13. The Bertz CT molecular complexity index is 567. The van der Waals surface area contributed by atoms with Gasteiger partial charge in [0.2, 0.25) is 0 Å². The molecule has 0 unspecified atom stereocenters. The highest BCUT2D eigenvalue weighted by Gasteiger charge is 2.08. The number of nitrogens with one attached hydrogen (secondary N) is 1. The number of benzene rings is 2. The molecule has 0 aliphatic rings. The lowest BCUT2D eigenvalue weighted by Crippen LogP contribution is -2.23. The molecule has 4 heteroatoms. The van der Waals surface area contributed by atoms with E-state index in [0.717, 1.165) is 14.9 Å². The van der Waals surface area contributed by atoms with E-state index in [-0.39, 0.29) is 5.91 Å². The molecule has 0 saturated carbocycles. The van der Waals surface area contributed by atoms with Gasteiger partial charge in [-0.3, -0.25) is 4.79 Å². The van der Waals surface area contributed by atoms with Crippen LogP contribution in [0.25, 0.3) is 0 Å². The number of halogens is 1. The predicted octanol–water partition coefficient (Wildman–Crippen LogP) is 3.23. The molecule has 0 radical (unpaired) electrons. The lowest BCUT2D eigenvalue weighted by atomic mass is 10.2. The van der Waals surface area contributed by atoms with Crippen molar-refractivity contribution in [2.24, 2.45) is 0 Å². The Labute approximate surface area is 126 Å². The van der Waals surface area contributed by atoms with Crippen LogP contribution in [-0.2, 0) is 6.54 Å². The van der Waals surface area contributed by atoms with Crippen molar-refractivity contribution < 1.29 is 9.53 Å². The zero-order valence-electron chi connectivity index (χ0n) is 10.5. The molecule has 0 aliphatic heterocycles. The van der Waals surface area contributed by atoms with E-state index < -0.39 is 0 Å². The molecule has 0 heterocycles. The molecule has 2 aromatic carbocycles. The highest BCUT2D eigenvalue weighted by molar-refractivity contribution is 14.1. The minimum Gasteiger partial charge on any atom is -0.497 e. The molecular weight excluding hydrogens is 353 g/mol. The summed E-state index contributed by atoms with van der Waals surface area (Å²) >= 11 is 2.16. The quantitative estimate of drug-likeness (QED) is 0.843. The van der Waals surface area contributed by atoms with Crippen molar-refractivity contribution in [3.8, 4) is 5.75 Å². The Kier molecular flexibility index (Phi) is 4.79. The maximum absolute atomic E-state index is 12.0. The number of methoxy groups -OCH3 is 1. The Hall–Kier alpha value is -1.56. The Morgan fingerprint density at radius 2 is 1.84 bits per heavy atom. The second kappa shape index (κ2) is 6.56. The van der Waals surface area contributed by atoms with E-state index in [9.17, 15) is 4.79 Å². The molecule has 0 atom stereocenters. The third-order valence-corrected chi connectivity index (χ3v) is 3.67. The molecule has 1 amide bonds. The van der Waals surface area contributed by atoms with Crippen molar-refractivity contribution in [3.05, 3.63) is 63.2 Å². The maximum Gasteiger partial charge on any atom is 0.252 e. The molecule has 19 heavy (non-hydrogen) atoms. The summed E-state index contributed by atoms with van der Waals surface area (Å²) in [5.74, 6) is 0.758. The van der Waals surface area contributed by atoms with Crippen molar-refractivity contribution in [1.82, 2.24) is 5.32 Å². The van der Waals surface area contributed by atoms with Gasteiger partial charge >= 0.3 is 0 Å². The average molecular weight is 367 g/mol. The van der Waals surface area contributed by atoms with E-state index in [1.54, 1.807) is 7.11 Å². The number of amides is 1. The van der Waals surface area contributed by atoms with Crippen LogP contribution in [0.1, 0.15) is 15.9 Å². The van der Waals surface area contributed by atoms with E-state index in [1.165, 1.54) is 0 Å². The van der Waals surface area contributed by atoms with Crippen LogP contribution in [0.2, 0.25) is 0 Å². The minimum absolute atomic E-state index is 0.0548. The summed E-state index contributed by atoms with van der Waals surface area (Å²) in [4.78, 5) is 12.0. The minimum atomic E-state index is -0.0548. The summed E-state index contributed by atoms with van der Waals surface area (Å²) in [6.45, 7) is 0.508. The van der Waals surface area contributed by atoms with Crippen LogP contribution in [-0.4, -0.2) is 13.0 Å². The monoisotopic (exact) mass is 367 g/mol. The van der Waals surface area contributed by atoms with E-state index >= 15 is 0 Å². The van der Waals surface area contributed by atoms with Gasteiger partial charge in [0, 0.05) is 10.1 Å². The molecule has 0 fully saturated rings. The van der Waals surface area contributed by atoms with Crippen molar-refractivity contribution in [1.29, 1.82) is 0 Å². The van der Waals surface area contributed by atoms with Crippen LogP contribution < -0.4 is 10.1 Å². The van der Waals surface area contributed by atoms with Crippen molar-refractivity contribution in [2.45, 2.75) is 6.54 Å². The number of hydrogen-bond donors (Lipinski definition) is 1. The number of hydrogen-bond acceptors (Lipinski definition) is 2. The van der Waals surface area contributed by atoms with Gasteiger partial charge in [-0.2, -0.15) is 0 Å². The van der Waals surface area contributed by atoms with E-state index in [2.05, 4.69) is 27.9 Å². The fourth-order valence-corrected chi connectivity index (χ4v) is 2.30. The first-order chi connectivity index (χ1) is 9.20. The van der Waals surface area contributed by atoms with Gasteiger partial charge in [-0.1, -0.05) is 24.3 Å². The molecule has 0 aromatic heterocycles. The van der Waals surface area contributed by atoms with Gasteiger partial charge in [-0.15, -0.1) is 0 Å². The predicted molar refractivity (Wildman–Crippen MR) is 83.3 cm³/mol. The summed E-state index contributed by atoms with van der Waals surface area (Å²) in [5.41, 5.74) is 1.75. The first kappa shape index (κ1) is 13.9. The molecule has 98 valence electrons. The summed E-state index contributed by atoms with van der Waals surface area (Å²) in [5, 5.41) is 2.91. The number of ether oxygens (including phenoxy) is 1. The molecular formula is C15H14INO2. The average Bonchev–Trinajstić information content (AvgIpc) is 2.46. The molecule has 2 aromatic rings. The van der Waals surface area contributed by atoms with Crippen molar-refractivity contribution in [3.63, 3.8) is 0 Å². The Morgan fingerprint density at radius 3 is 2.47 bits per heavy atom. The molecule has 1 N–H and O–H groups in total. The molecule has 0 saturated heterocycles. The largest absolute Gasteiger partial charge is 0.497 e. The zero-order chi connectivity index (χ0) is 13.7. The lowest BCUT2D eigenvalue weighted by Gasteiger charge is -2.07. The molecule has 0 spiro atoms. The topological polar surface area (TPSA) is 38.3 Å².